The van der Waals surface area contributed by atoms with Crippen molar-refractivity contribution in [2.45, 2.75) is 6.42 Å². The Kier molecular flexibility index (Phi) is 4.98. The van der Waals surface area contributed by atoms with Crippen LogP contribution in [0.25, 0.3) is 11.3 Å². The predicted octanol–water partition coefficient (Wildman–Crippen LogP) is 3.44. The van der Waals surface area contributed by atoms with E-state index in [4.69, 9.17) is 16.6 Å². The molecule has 0 saturated carbocycles. The van der Waals surface area contributed by atoms with E-state index in [2.05, 4.69) is 38.0 Å². The highest BCUT2D eigenvalue weighted by molar-refractivity contribution is 6.31. The van der Waals surface area contributed by atoms with Gasteiger partial charge in [0, 0.05) is 59.9 Å². The first-order valence-corrected chi connectivity index (χ1v) is 10.3. The molecular weight excluding hydrogens is 400 g/mol. The van der Waals surface area contributed by atoms with Crippen molar-refractivity contribution in [2.24, 2.45) is 0 Å². The van der Waals surface area contributed by atoms with E-state index >= 15 is 0 Å². The van der Waals surface area contributed by atoms with Crippen LogP contribution in [-0.2, 0) is 11.2 Å². The number of aromatic nitrogens is 2. The molecule has 1 saturated heterocycles. The van der Waals surface area contributed by atoms with Crippen LogP contribution in [0.2, 0.25) is 5.02 Å². The standard InChI is InChI=1S/C22H21ClN6O/c23-15-1-6-18-19(12-15)27-20(30)11-14-13-25-22(28-21(14)18)26-16-2-4-17(5-3-16)29-9-7-24-8-10-29/h1-6,12-13,24H,7-11H2,(H,27,30)(H,25,26,28). The van der Waals surface area contributed by atoms with Crippen molar-refractivity contribution < 1.29 is 4.79 Å². The Morgan fingerprint density at radius 3 is 2.67 bits per heavy atom. The Bertz CT molecular complexity index is 1100. The number of piperazine rings is 1. The van der Waals surface area contributed by atoms with E-state index in [1.165, 1.54) is 5.69 Å². The second kappa shape index (κ2) is 7.93. The molecule has 2 aliphatic rings. The van der Waals surface area contributed by atoms with Gasteiger partial charge in [0.1, 0.15) is 0 Å². The van der Waals surface area contributed by atoms with Crippen molar-refractivity contribution in [3.8, 4) is 11.3 Å². The average molecular weight is 421 g/mol. The quantitative estimate of drug-likeness (QED) is 0.602. The number of carbonyl (C=O) groups is 1. The van der Waals surface area contributed by atoms with Gasteiger partial charge in [-0.05, 0) is 42.5 Å². The highest BCUT2D eigenvalue weighted by Gasteiger charge is 2.21. The zero-order valence-electron chi connectivity index (χ0n) is 16.3. The molecular formula is C22H21ClN6O. The third-order valence-corrected chi connectivity index (χ3v) is 5.57. The van der Waals surface area contributed by atoms with Crippen LogP contribution < -0.4 is 20.9 Å². The van der Waals surface area contributed by atoms with Gasteiger partial charge in [-0.1, -0.05) is 11.6 Å². The minimum atomic E-state index is -0.106. The number of rotatable bonds is 3. The molecule has 2 aromatic carbocycles. The summed E-state index contributed by atoms with van der Waals surface area (Å²) in [5.74, 6) is 0.379. The maximum Gasteiger partial charge on any atom is 0.228 e. The molecule has 0 atom stereocenters. The molecule has 2 aliphatic heterocycles. The number of nitrogens with one attached hydrogen (secondary N) is 3. The van der Waals surface area contributed by atoms with Gasteiger partial charge in [-0.3, -0.25) is 4.79 Å². The molecule has 152 valence electrons. The number of fused-ring (bicyclic) bond motifs is 3. The zero-order valence-corrected chi connectivity index (χ0v) is 17.0. The summed E-state index contributed by atoms with van der Waals surface area (Å²) in [7, 11) is 0. The molecule has 3 N–H and O–H groups in total. The molecule has 8 heteroatoms. The van der Waals surface area contributed by atoms with Gasteiger partial charge >= 0.3 is 0 Å². The van der Waals surface area contributed by atoms with Crippen LogP contribution in [0.15, 0.2) is 48.7 Å². The summed E-state index contributed by atoms with van der Waals surface area (Å²) >= 11 is 6.11. The molecule has 3 heterocycles. The Labute approximate surface area is 179 Å². The topological polar surface area (TPSA) is 82.2 Å². The summed E-state index contributed by atoms with van der Waals surface area (Å²) in [5, 5.41) is 10.1. The van der Waals surface area contributed by atoms with Crippen molar-refractivity contribution in [1.82, 2.24) is 15.3 Å². The molecule has 7 nitrogen and oxygen atoms in total. The lowest BCUT2D eigenvalue weighted by Crippen LogP contribution is -2.43. The van der Waals surface area contributed by atoms with E-state index in [0.717, 1.165) is 48.7 Å². The van der Waals surface area contributed by atoms with E-state index in [-0.39, 0.29) is 12.3 Å². The molecule has 1 aromatic heterocycles. The number of amides is 1. The van der Waals surface area contributed by atoms with Gasteiger partial charge < -0.3 is 20.9 Å². The SMILES string of the molecule is O=C1Cc2cnc(Nc3ccc(N4CCNCC4)cc3)nc2-c2ccc(Cl)cc2N1. The Balaban J connectivity index is 1.42. The Morgan fingerprint density at radius 2 is 1.87 bits per heavy atom. The monoisotopic (exact) mass is 420 g/mol. The van der Waals surface area contributed by atoms with Gasteiger partial charge in [0.05, 0.1) is 17.8 Å². The molecule has 30 heavy (non-hydrogen) atoms. The number of carbonyl (C=O) groups excluding carboxylic acids is 1. The van der Waals surface area contributed by atoms with Gasteiger partial charge in [0.15, 0.2) is 0 Å². The number of nitrogens with zero attached hydrogens (tertiary/aromatic N) is 3. The number of benzene rings is 2. The van der Waals surface area contributed by atoms with E-state index in [1.54, 1.807) is 18.3 Å². The number of halogens is 1. The summed E-state index contributed by atoms with van der Waals surface area (Å²) in [6.45, 7) is 4.04. The third-order valence-electron chi connectivity index (χ3n) is 5.33. The van der Waals surface area contributed by atoms with Gasteiger partial charge in [0.2, 0.25) is 11.9 Å². The van der Waals surface area contributed by atoms with Gasteiger partial charge in [-0.15, -0.1) is 0 Å². The lowest BCUT2D eigenvalue weighted by atomic mass is 10.1. The molecule has 0 bridgehead atoms. The van der Waals surface area contributed by atoms with Crippen molar-refractivity contribution in [3.63, 3.8) is 0 Å². The summed E-state index contributed by atoms with van der Waals surface area (Å²) in [5.41, 5.74) is 5.13. The van der Waals surface area contributed by atoms with E-state index in [9.17, 15) is 4.79 Å². The summed E-state index contributed by atoms with van der Waals surface area (Å²) in [6.07, 6.45) is 1.93. The summed E-state index contributed by atoms with van der Waals surface area (Å²) in [6, 6.07) is 13.7. The smallest absolute Gasteiger partial charge is 0.228 e. The molecule has 0 unspecified atom stereocenters. The summed E-state index contributed by atoms with van der Waals surface area (Å²) < 4.78 is 0. The van der Waals surface area contributed by atoms with Crippen LogP contribution in [0.1, 0.15) is 5.56 Å². The van der Waals surface area contributed by atoms with E-state index < -0.39 is 0 Å². The Morgan fingerprint density at radius 1 is 1.07 bits per heavy atom. The molecule has 1 fully saturated rings. The van der Waals surface area contributed by atoms with Crippen molar-refractivity contribution in [1.29, 1.82) is 0 Å². The van der Waals surface area contributed by atoms with Crippen LogP contribution >= 0.6 is 11.6 Å². The lowest BCUT2D eigenvalue weighted by Gasteiger charge is -2.29. The molecule has 5 rings (SSSR count). The molecule has 0 spiro atoms. The number of anilines is 4. The minimum absolute atomic E-state index is 0.106. The fourth-order valence-corrected chi connectivity index (χ4v) is 4.00. The van der Waals surface area contributed by atoms with E-state index in [0.29, 0.717) is 16.7 Å². The second-order valence-corrected chi connectivity index (χ2v) is 7.83. The molecule has 0 aliphatic carbocycles. The van der Waals surface area contributed by atoms with Crippen molar-refractivity contribution in [2.75, 3.05) is 41.7 Å². The average Bonchev–Trinajstić information content (AvgIpc) is 2.89. The van der Waals surface area contributed by atoms with Crippen molar-refractivity contribution in [3.05, 3.63) is 59.2 Å². The minimum Gasteiger partial charge on any atom is -0.369 e. The number of hydrogen-bond acceptors (Lipinski definition) is 6. The van der Waals surface area contributed by atoms with Gasteiger partial charge in [0.25, 0.3) is 0 Å². The Hall–Kier alpha value is -3.16. The van der Waals surface area contributed by atoms with Crippen LogP contribution in [0.4, 0.5) is 23.0 Å². The normalized spacial score (nSPS) is 15.6. The van der Waals surface area contributed by atoms with Crippen molar-refractivity contribution >= 4 is 40.5 Å². The lowest BCUT2D eigenvalue weighted by molar-refractivity contribution is -0.115. The highest BCUT2D eigenvalue weighted by Crippen LogP contribution is 2.35. The maximum absolute atomic E-state index is 12.2. The molecule has 3 aromatic rings. The second-order valence-electron chi connectivity index (χ2n) is 7.39. The fraction of sp³-hybridized carbons (Fsp3) is 0.227. The predicted molar refractivity (Wildman–Crippen MR) is 120 cm³/mol. The van der Waals surface area contributed by atoms with Crippen LogP contribution in [0, 0.1) is 0 Å². The van der Waals surface area contributed by atoms with Crippen LogP contribution in [0.3, 0.4) is 0 Å². The zero-order chi connectivity index (χ0) is 20.5. The fourth-order valence-electron chi connectivity index (χ4n) is 3.83. The highest BCUT2D eigenvalue weighted by atomic mass is 35.5. The van der Waals surface area contributed by atoms with Crippen LogP contribution in [0.5, 0.6) is 0 Å². The molecule has 0 radical (unpaired) electrons. The van der Waals surface area contributed by atoms with E-state index in [1.807, 2.05) is 18.2 Å². The first kappa shape index (κ1) is 18.8. The van der Waals surface area contributed by atoms with Gasteiger partial charge in [-0.2, -0.15) is 0 Å². The first-order valence-electron chi connectivity index (χ1n) is 9.94. The van der Waals surface area contributed by atoms with Crippen LogP contribution in [-0.4, -0.2) is 42.1 Å². The maximum atomic E-state index is 12.2. The number of hydrogen-bond donors (Lipinski definition) is 3. The molecule has 1 amide bonds. The first-order chi connectivity index (χ1) is 14.7. The van der Waals surface area contributed by atoms with Gasteiger partial charge in [-0.25, -0.2) is 9.97 Å². The third kappa shape index (κ3) is 3.81. The largest absolute Gasteiger partial charge is 0.369 e. The summed E-state index contributed by atoms with van der Waals surface area (Å²) in [4.78, 5) is 23.7.